The largest absolute Gasteiger partial charge is 0.394 e. The Hall–Kier alpha value is -0.100. The average Bonchev–Trinajstić information content (AvgIpc) is 2.88. The molecular formula is C10H16N2OS2. The minimum absolute atomic E-state index is 0.169. The molecule has 1 fully saturated rings. The molecular weight excluding hydrogens is 228 g/mol. The smallest absolute Gasteiger partial charge is 0.149 e. The standard InChI is InChI=1S/C10H16N2OS2/c1-10(6-13,12-8-2-3-8)7-15-9-11-4-5-14-9/h4-5,8,12-13H,2-3,6-7H2,1H3. The lowest BCUT2D eigenvalue weighted by molar-refractivity contribution is 0.190. The molecule has 1 saturated carbocycles. The van der Waals surface area contributed by atoms with Crippen molar-refractivity contribution in [3.8, 4) is 0 Å². The molecule has 5 heteroatoms. The molecule has 0 aromatic carbocycles. The molecule has 1 heterocycles. The molecule has 0 bridgehead atoms. The topological polar surface area (TPSA) is 45.2 Å². The number of thiazole rings is 1. The summed E-state index contributed by atoms with van der Waals surface area (Å²) in [6.45, 7) is 2.26. The molecule has 3 nitrogen and oxygen atoms in total. The van der Waals surface area contributed by atoms with Crippen LogP contribution in [-0.4, -0.2) is 34.0 Å². The van der Waals surface area contributed by atoms with Gasteiger partial charge < -0.3 is 10.4 Å². The maximum atomic E-state index is 9.40. The molecule has 1 atom stereocenters. The minimum Gasteiger partial charge on any atom is -0.394 e. The zero-order chi connectivity index (χ0) is 10.7. The molecule has 0 amide bonds. The van der Waals surface area contributed by atoms with Crippen molar-refractivity contribution < 1.29 is 5.11 Å². The molecule has 84 valence electrons. The Morgan fingerprint density at radius 2 is 2.53 bits per heavy atom. The monoisotopic (exact) mass is 244 g/mol. The van der Waals surface area contributed by atoms with Crippen molar-refractivity contribution in [3.05, 3.63) is 11.6 Å². The van der Waals surface area contributed by atoms with Gasteiger partial charge in [0.2, 0.25) is 0 Å². The molecule has 1 aliphatic carbocycles. The number of hydrogen-bond donors (Lipinski definition) is 2. The second-order valence-electron chi connectivity index (χ2n) is 4.22. The summed E-state index contributed by atoms with van der Waals surface area (Å²) in [6.07, 6.45) is 4.31. The van der Waals surface area contributed by atoms with Crippen LogP contribution in [0.3, 0.4) is 0 Å². The third-order valence-corrected chi connectivity index (χ3v) is 4.74. The van der Waals surface area contributed by atoms with Gasteiger partial charge in [0.05, 0.1) is 6.61 Å². The highest BCUT2D eigenvalue weighted by molar-refractivity contribution is 8.01. The minimum atomic E-state index is -0.169. The van der Waals surface area contributed by atoms with Crippen molar-refractivity contribution in [2.24, 2.45) is 0 Å². The molecule has 15 heavy (non-hydrogen) atoms. The van der Waals surface area contributed by atoms with Crippen molar-refractivity contribution >= 4 is 23.1 Å². The van der Waals surface area contributed by atoms with Gasteiger partial charge in [0.1, 0.15) is 4.34 Å². The molecule has 1 aliphatic rings. The van der Waals surface area contributed by atoms with Gasteiger partial charge in [-0.1, -0.05) is 11.8 Å². The highest BCUT2D eigenvalue weighted by Crippen LogP contribution is 2.27. The van der Waals surface area contributed by atoms with Gasteiger partial charge in [-0.05, 0) is 19.8 Å². The van der Waals surface area contributed by atoms with Gasteiger partial charge in [-0.15, -0.1) is 11.3 Å². The van der Waals surface area contributed by atoms with Crippen LogP contribution in [0.1, 0.15) is 19.8 Å². The first kappa shape index (κ1) is 11.4. The van der Waals surface area contributed by atoms with Crippen molar-refractivity contribution in [1.29, 1.82) is 0 Å². The SMILES string of the molecule is CC(CO)(CSc1nccs1)NC1CC1. The molecule has 0 saturated heterocycles. The van der Waals surface area contributed by atoms with E-state index in [2.05, 4.69) is 17.2 Å². The summed E-state index contributed by atoms with van der Waals surface area (Å²) in [4.78, 5) is 4.22. The predicted octanol–water partition coefficient (Wildman–Crippen LogP) is 1.74. The molecule has 0 radical (unpaired) electrons. The molecule has 1 aromatic heterocycles. The zero-order valence-corrected chi connectivity index (χ0v) is 10.4. The summed E-state index contributed by atoms with van der Waals surface area (Å²) in [5, 5.41) is 14.9. The number of hydrogen-bond acceptors (Lipinski definition) is 5. The number of aliphatic hydroxyl groups excluding tert-OH is 1. The maximum absolute atomic E-state index is 9.40. The lowest BCUT2D eigenvalue weighted by atomic mass is 10.1. The Morgan fingerprint density at radius 3 is 3.07 bits per heavy atom. The summed E-state index contributed by atoms with van der Waals surface area (Å²) >= 11 is 3.36. The first-order chi connectivity index (χ1) is 7.22. The highest BCUT2D eigenvalue weighted by Gasteiger charge is 2.32. The Balaban J connectivity index is 1.83. The molecule has 2 N–H and O–H groups in total. The van der Waals surface area contributed by atoms with Crippen LogP contribution in [0.2, 0.25) is 0 Å². The fraction of sp³-hybridized carbons (Fsp3) is 0.700. The molecule has 0 spiro atoms. The Labute approximate surface area is 98.3 Å². The van der Waals surface area contributed by atoms with Crippen LogP contribution in [0.5, 0.6) is 0 Å². The fourth-order valence-electron chi connectivity index (χ4n) is 1.36. The normalized spacial score (nSPS) is 20.1. The van der Waals surface area contributed by atoms with Crippen LogP contribution in [0.15, 0.2) is 15.9 Å². The van der Waals surface area contributed by atoms with Gasteiger partial charge >= 0.3 is 0 Å². The first-order valence-electron chi connectivity index (χ1n) is 5.13. The Morgan fingerprint density at radius 1 is 1.73 bits per heavy atom. The molecule has 0 aliphatic heterocycles. The number of nitrogens with one attached hydrogen (secondary N) is 1. The lowest BCUT2D eigenvalue weighted by Gasteiger charge is -2.28. The van der Waals surface area contributed by atoms with E-state index in [1.807, 2.05) is 11.6 Å². The number of aliphatic hydroxyl groups is 1. The summed E-state index contributed by atoms with van der Waals surface area (Å²) in [5.41, 5.74) is -0.169. The summed E-state index contributed by atoms with van der Waals surface area (Å²) in [6, 6.07) is 0.624. The number of rotatable bonds is 6. The Kier molecular flexibility index (Phi) is 3.66. The van der Waals surface area contributed by atoms with Crippen LogP contribution in [0, 0.1) is 0 Å². The summed E-state index contributed by atoms with van der Waals surface area (Å²) in [7, 11) is 0. The molecule has 1 unspecified atom stereocenters. The van der Waals surface area contributed by atoms with Crippen LogP contribution in [0.25, 0.3) is 0 Å². The van der Waals surface area contributed by atoms with E-state index in [4.69, 9.17) is 0 Å². The van der Waals surface area contributed by atoms with Gasteiger partial charge in [0, 0.05) is 28.9 Å². The van der Waals surface area contributed by atoms with E-state index in [1.165, 1.54) is 12.8 Å². The lowest BCUT2D eigenvalue weighted by Crippen LogP contribution is -2.49. The predicted molar refractivity (Wildman–Crippen MR) is 64.5 cm³/mol. The third kappa shape index (κ3) is 3.45. The summed E-state index contributed by atoms with van der Waals surface area (Å²) < 4.78 is 1.08. The van der Waals surface area contributed by atoms with Crippen molar-refractivity contribution in [2.75, 3.05) is 12.4 Å². The second kappa shape index (κ2) is 4.82. The second-order valence-corrected chi connectivity index (χ2v) is 6.34. The van der Waals surface area contributed by atoms with E-state index in [-0.39, 0.29) is 12.1 Å². The number of aromatic nitrogens is 1. The van der Waals surface area contributed by atoms with E-state index in [1.54, 1.807) is 23.1 Å². The Bertz CT molecular complexity index is 300. The van der Waals surface area contributed by atoms with Crippen LogP contribution >= 0.6 is 23.1 Å². The molecule has 1 aromatic rings. The summed E-state index contributed by atoms with van der Waals surface area (Å²) in [5.74, 6) is 0.869. The van der Waals surface area contributed by atoms with Gasteiger partial charge in [0.15, 0.2) is 0 Å². The molecule has 2 rings (SSSR count). The van der Waals surface area contributed by atoms with Gasteiger partial charge in [0.25, 0.3) is 0 Å². The van der Waals surface area contributed by atoms with E-state index >= 15 is 0 Å². The van der Waals surface area contributed by atoms with E-state index in [0.717, 1.165) is 10.1 Å². The zero-order valence-electron chi connectivity index (χ0n) is 8.77. The van der Waals surface area contributed by atoms with Crippen molar-refractivity contribution in [3.63, 3.8) is 0 Å². The van der Waals surface area contributed by atoms with Gasteiger partial charge in [-0.2, -0.15) is 0 Å². The van der Waals surface area contributed by atoms with Crippen molar-refractivity contribution in [2.45, 2.75) is 35.7 Å². The first-order valence-corrected chi connectivity index (χ1v) is 6.99. The highest BCUT2D eigenvalue weighted by atomic mass is 32.2. The van der Waals surface area contributed by atoms with E-state index in [9.17, 15) is 5.11 Å². The third-order valence-electron chi connectivity index (χ3n) is 2.40. The van der Waals surface area contributed by atoms with Crippen molar-refractivity contribution in [1.82, 2.24) is 10.3 Å². The van der Waals surface area contributed by atoms with Gasteiger partial charge in [-0.3, -0.25) is 0 Å². The van der Waals surface area contributed by atoms with Crippen LogP contribution in [-0.2, 0) is 0 Å². The van der Waals surface area contributed by atoms with Gasteiger partial charge in [-0.25, -0.2) is 4.98 Å². The number of nitrogens with zero attached hydrogens (tertiary/aromatic N) is 1. The fourth-order valence-corrected chi connectivity index (χ4v) is 3.08. The van der Waals surface area contributed by atoms with E-state index in [0.29, 0.717) is 6.04 Å². The average molecular weight is 244 g/mol. The van der Waals surface area contributed by atoms with E-state index < -0.39 is 0 Å². The number of thioether (sulfide) groups is 1. The van der Waals surface area contributed by atoms with Crippen LogP contribution in [0.4, 0.5) is 0 Å². The maximum Gasteiger partial charge on any atom is 0.149 e. The van der Waals surface area contributed by atoms with Crippen LogP contribution < -0.4 is 5.32 Å². The quantitative estimate of drug-likeness (QED) is 0.748.